The van der Waals surface area contributed by atoms with Crippen LogP contribution in [0.2, 0.25) is 5.02 Å². The Morgan fingerprint density at radius 1 is 1.00 bits per heavy atom. The summed E-state index contributed by atoms with van der Waals surface area (Å²) in [6, 6.07) is 16.2. The lowest BCUT2D eigenvalue weighted by atomic mass is 9.78. The molecule has 4 rings (SSSR count). The van der Waals surface area contributed by atoms with Crippen molar-refractivity contribution in [3.63, 3.8) is 0 Å². The first-order valence-electron chi connectivity index (χ1n) is 11.8. The molecule has 1 saturated carbocycles. The number of ether oxygens (including phenoxy) is 1. The number of carbonyl (C=O) groups excluding carboxylic acids is 2. The van der Waals surface area contributed by atoms with Crippen LogP contribution in [0, 0.1) is 11.8 Å². The molecule has 188 valence electrons. The maximum absolute atomic E-state index is 12.7. The van der Waals surface area contributed by atoms with Crippen molar-refractivity contribution >= 4 is 52.3 Å². The molecule has 0 radical (unpaired) electrons. The third kappa shape index (κ3) is 6.06. The molecule has 1 aromatic heterocycles. The Morgan fingerprint density at radius 2 is 1.69 bits per heavy atom. The number of carbonyl (C=O) groups is 3. The molecule has 0 unspecified atom stereocenters. The highest BCUT2D eigenvalue weighted by molar-refractivity contribution is 7.14. The maximum atomic E-state index is 12.7. The van der Waals surface area contributed by atoms with Gasteiger partial charge in [-0.3, -0.25) is 14.9 Å². The van der Waals surface area contributed by atoms with E-state index in [0.29, 0.717) is 29.2 Å². The number of carboxylic acid groups (broad SMARTS) is 1. The molecule has 3 N–H and O–H groups in total. The van der Waals surface area contributed by atoms with Crippen molar-refractivity contribution in [2.24, 2.45) is 11.8 Å². The third-order valence-electron chi connectivity index (χ3n) is 6.36. The van der Waals surface area contributed by atoms with E-state index in [1.54, 1.807) is 31.2 Å². The van der Waals surface area contributed by atoms with Gasteiger partial charge < -0.3 is 15.2 Å². The third-order valence-corrected chi connectivity index (χ3v) is 7.67. The fraction of sp³-hybridized carbons (Fsp3) is 0.296. The first-order valence-corrected chi connectivity index (χ1v) is 13.0. The molecule has 36 heavy (non-hydrogen) atoms. The minimum Gasteiger partial charge on any atom is -0.481 e. The second-order valence-corrected chi connectivity index (χ2v) is 10.1. The second kappa shape index (κ2) is 11.6. The summed E-state index contributed by atoms with van der Waals surface area (Å²) in [5.41, 5.74) is 2.79. The molecule has 7 nitrogen and oxygen atoms in total. The Hall–Kier alpha value is -3.36. The summed E-state index contributed by atoms with van der Waals surface area (Å²) in [4.78, 5) is 37.6. The van der Waals surface area contributed by atoms with Gasteiger partial charge >= 0.3 is 12.1 Å². The zero-order chi connectivity index (χ0) is 25.7. The number of carboxylic acids is 1. The molecule has 0 spiro atoms. The molecule has 0 bridgehead atoms. The summed E-state index contributed by atoms with van der Waals surface area (Å²) >= 11 is 7.66. The molecule has 1 aliphatic carbocycles. The number of rotatable bonds is 7. The van der Waals surface area contributed by atoms with E-state index in [-0.39, 0.29) is 5.91 Å². The van der Waals surface area contributed by atoms with E-state index in [9.17, 15) is 19.5 Å². The Kier molecular flexibility index (Phi) is 8.28. The monoisotopic (exact) mass is 526 g/mol. The van der Waals surface area contributed by atoms with Crippen LogP contribution in [-0.4, -0.2) is 23.1 Å². The van der Waals surface area contributed by atoms with Gasteiger partial charge in [0, 0.05) is 16.3 Å². The summed E-state index contributed by atoms with van der Waals surface area (Å²) in [6.07, 6.45) is 1.68. The van der Waals surface area contributed by atoms with Crippen molar-refractivity contribution in [3.05, 3.63) is 70.6 Å². The van der Waals surface area contributed by atoms with E-state index in [2.05, 4.69) is 10.6 Å². The van der Waals surface area contributed by atoms with Gasteiger partial charge in [0.05, 0.1) is 22.4 Å². The molecular formula is C27H27ClN2O5S. The van der Waals surface area contributed by atoms with Crippen molar-refractivity contribution in [3.8, 4) is 10.4 Å². The number of hydrogen-bond acceptors (Lipinski definition) is 5. The predicted molar refractivity (Wildman–Crippen MR) is 141 cm³/mol. The van der Waals surface area contributed by atoms with E-state index in [4.69, 9.17) is 16.3 Å². The van der Waals surface area contributed by atoms with Crippen LogP contribution < -0.4 is 10.6 Å². The van der Waals surface area contributed by atoms with Crippen LogP contribution in [0.3, 0.4) is 0 Å². The summed E-state index contributed by atoms with van der Waals surface area (Å²) < 4.78 is 5.51. The largest absolute Gasteiger partial charge is 0.481 e. The number of benzene rings is 2. The van der Waals surface area contributed by atoms with E-state index >= 15 is 0 Å². The molecule has 9 heteroatoms. The number of halogens is 1. The average Bonchev–Trinajstić information content (AvgIpc) is 3.32. The van der Waals surface area contributed by atoms with Crippen molar-refractivity contribution in [1.82, 2.24) is 0 Å². The maximum Gasteiger partial charge on any atom is 0.412 e. The molecule has 2 amide bonds. The summed E-state index contributed by atoms with van der Waals surface area (Å²) in [5, 5.41) is 17.5. The summed E-state index contributed by atoms with van der Waals surface area (Å²) in [5.74, 6) is -2.34. The Morgan fingerprint density at radius 3 is 2.39 bits per heavy atom. The minimum atomic E-state index is -0.914. The normalized spacial score (nSPS) is 18.2. The Balaban J connectivity index is 1.39. The fourth-order valence-electron chi connectivity index (χ4n) is 4.48. The lowest BCUT2D eigenvalue weighted by Crippen LogP contribution is -2.36. The van der Waals surface area contributed by atoms with Gasteiger partial charge in [0.2, 0.25) is 5.91 Å². The van der Waals surface area contributed by atoms with Gasteiger partial charge in [0.1, 0.15) is 6.10 Å². The number of thiophene rings is 1. The molecule has 1 aliphatic rings. The van der Waals surface area contributed by atoms with Crippen LogP contribution in [0.15, 0.2) is 60.0 Å². The molecule has 0 aliphatic heterocycles. The molecule has 1 fully saturated rings. The van der Waals surface area contributed by atoms with Gasteiger partial charge in [-0.1, -0.05) is 54.8 Å². The summed E-state index contributed by atoms with van der Waals surface area (Å²) in [6.45, 7) is 1.76. The first kappa shape index (κ1) is 25.7. The van der Waals surface area contributed by atoms with Crippen LogP contribution in [0.25, 0.3) is 10.4 Å². The van der Waals surface area contributed by atoms with E-state index < -0.39 is 30.0 Å². The molecule has 2 aromatic carbocycles. The van der Waals surface area contributed by atoms with Gasteiger partial charge in [0.15, 0.2) is 0 Å². The summed E-state index contributed by atoms with van der Waals surface area (Å²) in [7, 11) is 0. The van der Waals surface area contributed by atoms with Gasteiger partial charge in [-0.05, 0) is 55.0 Å². The number of hydrogen-bond donors (Lipinski definition) is 3. The van der Waals surface area contributed by atoms with Gasteiger partial charge in [0.25, 0.3) is 0 Å². The molecule has 1 heterocycles. The minimum absolute atomic E-state index is 0.260. The highest BCUT2D eigenvalue weighted by Crippen LogP contribution is 2.36. The van der Waals surface area contributed by atoms with Gasteiger partial charge in [-0.2, -0.15) is 0 Å². The molecule has 3 atom stereocenters. The second-order valence-electron chi connectivity index (χ2n) is 8.76. The molecule has 3 aromatic rings. The number of anilines is 2. The number of aliphatic carboxylic acids is 1. The highest BCUT2D eigenvalue weighted by Gasteiger charge is 2.35. The lowest BCUT2D eigenvalue weighted by Gasteiger charge is -2.27. The van der Waals surface area contributed by atoms with Gasteiger partial charge in [-0.15, -0.1) is 11.3 Å². The number of amides is 2. The Bertz CT molecular complexity index is 1240. The fourth-order valence-corrected chi connectivity index (χ4v) is 5.63. The van der Waals surface area contributed by atoms with Crippen LogP contribution in [-0.2, 0) is 14.3 Å². The van der Waals surface area contributed by atoms with Crippen LogP contribution in [0.1, 0.15) is 44.3 Å². The van der Waals surface area contributed by atoms with Crippen molar-refractivity contribution in [2.45, 2.75) is 38.7 Å². The standard InChI is InChI=1S/C27H27ClN2O5S/c1-16(19-6-4-5-9-22(19)28)35-27(34)30-23-14-15-36-24(23)17-10-12-18(13-11-17)29-25(31)20-7-2-3-8-21(20)26(32)33/h4-6,9-16,20-21H,2-3,7-8H2,1H3,(H,29,31)(H,30,34)(H,32,33)/t16-,20-,21-/m1/s1. The van der Waals surface area contributed by atoms with Crippen molar-refractivity contribution in [1.29, 1.82) is 0 Å². The predicted octanol–water partition coefficient (Wildman–Crippen LogP) is 7.21. The quantitative estimate of drug-likeness (QED) is 0.302. The first-order chi connectivity index (χ1) is 17.3. The van der Waals surface area contributed by atoms with Gasteiger partial charge in [-0.25, -0.2) is 4.79 Å². The lowest BCUT2D eigenvalue weighted by molar-refractivity contribution is -0.147. The van der Waals surface area contributed by atoms with Crippen LogP contribution >= 0.6 is 22.9 Å². The SMILES string of the molecule is C[C@@H](OC(=O)Nc1ccsc1-c1ccc(NC(=O)[C@@H]2CCCC[C@H]2C(=O)O)cc1)c1ccccc1Cl. The van der Waals surface area contributed by atoms with E-state index in [1.807, 2.05) is 35.7 Å². The smallest absolute Gasteiger partial charge is 0.412 e. The Labute approximate surface area is 218 Å². The molecular weight excluding hydrogens is 500 g/mol. The molecule has 0 saturated heterocycles. The zero-order valence-electron chi connectivity index (χ0n) is 19.7. The van der Waals surface area contributed by atoms with Crippen LogP contribution in [0.4, 0.5) is 16.2 Å². The number of nitrogens with one attached hydrogen (secondary N) is 2. The van der Waals surface area contributed by atoms with E-state index in [0.717, 1.165) is 28.8 Å². The zero-order valence-corrected chi connectivity index (χ0v) is 21.3. The topological polar surface area (TPSA) is 105 Å². The van der Waals surface area contributed by atoms with Crippen molar-refractivity contribution < 1.29 is 24.2 Å². The average molecular weight is 527 g/mol. The van der Waals surface area contributed by atoms with E-state index in [1.165, 1.54) is 11.3 Å². The van der Waals surface area contributed by atoms with Crippen molar-refractivity contribution in [2.75, 3.05) is 10.6 Å². The van der Waals surface area contributed by atoms with Crippen LogP contribution in [0.5, 0.6) is 0 Å². The highest BCUT2D eigenvalue weighted by atomic mass is 35.5.